The molecule has 0 aliphatic carbocycles. The fourth-order valence-corrected chi connectivity index (χ4v) is 3.59. The van der Waals surface area contributed by atoms with Crippen molar-refractivity contribution in [2.24, 2.45) is 0 Å². The molecule has 0 fully saturated rings. The van der Waals surface area contributed by atoms with E-state index in [-0.39, 0.29) is 11.4 Å². The first kappa shape index (κ1) is 19.7. The Hall–Kier alpha value is -1.60. The van der Waals surface area contributed by atoms with Crippen LogP contribution in [0.1, 0.15) is 52.5 Å². The molecule has 7 heteroatoms. The molecule has 2 rings (SSSR count). The number of amides is 1. The third-order valence-electron chi connectivity index (χ3n) is 3.92. The van der Waals surface area contributed by atoms with Crippen molar-refractivity contribution in [1.82, 2.24) is 15.5 Å². The Balaban J connectivity index is 1.86. The molecule has 1 heterocycles. The first-order chi connectivity index (χ1) is 11.8. The maximum Gasteiger partial charge on any atom is 0.230 e. The average molecular weight is 379 g/mol. The molecule has 5 nitrogen and oxygen atoms in total. The van der Waals surface area contributed by atoms with Gasteiger partial charge in [-0.1, -0.05) is 56.0 Å². The van der Waals surface area contributed by atoms with Gasteiger partial charge in [-0.05, 0) is 43.9 Å². The topological polar surface area (TPSA) is 66.9 Å². The maximum absolute atomic E-state index is 12.0. The van der Waals surface area contributed by atoms with Crippen LogP contribution in [0.2, 0.25) is 0 Å². The van der Waals surface area contributed by atoms with Gasteiger partial charge in [0.15, 0.2) is 4.34 Å². The molecule has 0 bridgehead atoms. The van der Waals surface area contributed by atoms with Gasteiger partial charge in [0.05, 0.1) is 5.75 Å². The normalized spacial score (nSPS) is 11.6. The average Bonchev–Trinajstić information content (AvgIpc) is 3.00. The highest BCUT2D eigenvalue weighted by atomic mass is 32.2. The Kier molecular flexibility index (Phi) is 6.84. The zero-order valence-electron chi connectivity index (χ0n) is 15.4. The van der Waals surface area contributed by atoms with Gasteiger partial charge < -0.3 is 10.6 Å². The number of hydrogen-bond acceptors (Lipinski definition) is 6. The van der Waals surface area contributed by atoms with Crippen LogP contribution in [0.3, 0.4) is 0 Å². The van der Waals surface area contributed by atoms with Crippen LogP contribution in [0.4, 0.5) is 10.8 Å². The molecule has 0 aliphatic heterocycles. The van der Waals surface area contributed by atoms with Gasteiger partial charge in [0.2, 0.25) is 11.0 Å². The second kappa shape index (κ2) is 8.67. The molecule has 1 aromatic carbocycles. The van der Waals surface area contributed by atoms with Crippen molar-refractivity contribution in [3.63, 3.8) is 0 Å². The Morgan fingerprint density at radius 1 is 1.24 bits per heavy atom. The highest BCUT2D eigenvalue weighted by Crippen LogP contribution is 2.28. The largest absolute Gasteiger partial charge is 0.351 e. The van der Waals surface area contributed by atoms with Gasteiger partial charge in [0.25, 0.3) is 0 Å². The van der Waals surface area contributed by atoms with Gasteiger partial charge in [-0.2, -0.15) is 0 Å². The summed E-state index contributed by atoms with van der Waals surface area (Å²) in [6.07, 6.45) is 0.895. The lowest BCUT2D eigenvalue weighted by Gasteiger charge is -2.24. The van der Waals surface area contributed by atoms with Crippen molar-refractivity contribution in [1.29, 1.82) is 0 Å². The van der Waals surface area contributed by atoms with E-state index < -0.39 is 0 Å². The first-order valence-electron chi connectivity index (χ1n) is 8.43. The molecule has 2 N–H and O–H groups in total. The molecular formula is C18H26N4OS2. The second-order valence-corrected chi connectivity index (χ2v) is 9.05. The van der Waals surface area contributed by atoms with Crippen molar-refractivity contribution in [2.75, 3.05) is 11.1 Å². The van der Waals surface area contributed by atoms with Gasteiger partial charge in [-0.25, -0.2) is 0 Å². The van der Waals surface area contributed by atoms with Crippen LogP contribution < -0.4 is 10.6 Å². The van der Waals surface area contributed by atoms with Crippen LogP contribution in [0.5, 0.6) is 0 Å². The molecule has 0 saturated heterocycles. The third-order valence-corrected chi connectivity index (χ3v) is 5.90. The van der Waals surface area contributed by atoms with Gasteiger partial charge in [-0.15, -0.1) is 10.2 Å². The number of carbonyl (C=O) groups is 1. The van der Waals surface area contributed by atoms with Gasteiger partial charge >= 0.3 is 0 Å². The quantitative estimate of drug-likeness (QED) is 0.646. The zero-order chi connectivity index (χ0) is 18.4. The predicted octanol–water partition coefficient (Wildman–Crippen LogP) is 4.80. The van der Waals surface area contributed by atoms with Crippen LogP contribution in [0.25, 0.3) is 0 Å². The van der Waals surface area contributed by atoms with E-state index in [2.05, 4.69) is 53.7 Å². The predicted molar refractivity (Wildman–Crippen MR) is 107 cm³/mol. The van der Waals surface area contributed by atoms with E-state index in [9.17, 15) is 4.79 Å². The molecule has 1 amide bonds. The monoisotopic (exact) mass is 378 g/mol. The maximum atomic E-state index is 12.0. The summed E-state index contributed by atoms with van der Waals surface area (Å²) < 4.78 is 0.783. The Morgan fingerprint density at radius 2 is 1.92 bits per heavy atom. The van der Waals surface area contributed by atoms with E-state index >= 15 is 0 Å². The lowest BCUT2D eigenvalue weighted by Crippen LogP contribution is -2.43. The fourth-order valence-electron chi connectivity index (χ4n) is 2.02. The van der Waals surface area contributed by atoms with Crippen LogP contribution in [0.15, 0.2) is 28.6 Å². The molecule has 0 saturated carbocycles. The lowest BCUT2D eigenvalue weighted by molar-refractivity contribution is -0.120. The van der Waals surface area contributed by atoms with E-state index in [1.165, 1.54) is 28.7 Å². The first-order valence-corrected chi connectivity index (χ1v) is 10.2. The molecule has 0 radical (unpaired) electrons. The van der Waals surface area contributed by atoms with E-state index in [1.807, 2.05) is 26.0 Å². The summed E-state index contributed by atoms with van der Waals surface area (Å²) in [7, 11) is 0. The van der Waals surface area contributed by atoms with E-state index in [1.54, 1.807) is 0 Å². The molecule has 1 aromatic heterocycles. The number of benzene rings is 1. The van der Waals surface area contributed by atoms with Crippen molar-refractivity contribution in [3.8, 4) is 0 Å². The summed E-state index contributed by atoms with van der Waals surface area (Å²) in [6.45, 7) is 10.5. The molecule has 0 unspecified atom stereocenters. The summed E-state index contributed by atoms with van der Waals surface area (Å²) in [4.78, 5) is 12.0. The van der Waals surface area contributed by atoms with E-state index in [0.29, 0.717) is 11.7 Å². The minimum Gasteiger partial charge on any atom is -0.351 e. The molecule has 0 spiro atoms. The Labute approximate surface area is 158 Å². The van der Waals surface area contributed by atoms with Gasteiger partial charge in [-0.3, -0.25) is 4.79 Å². The number of thioether (sulfide) groups is 1. The number of rotatable bonds is 8. The SMILES string of the molecule is CCC(C)(C)NC(=O)CSc1nnc(Nc2ccc(C(C)C)cc2)s1. The number of carbonyl (C=O) groups excluding carboxylic acids is 1. The van der Waals surface area contributed by atoms with Crippen molar-refractivity contribution in [3.05, 3.63) is 29.8 Å². The molecule has 2 aromatic rings. The molecule has 0 atom stereocenters. The molecule has 0 aliphatic rings. The molecule has 25 heavy (non-hydrogen) atoms. The standard InChI is InChI=1S/C18H26N4OS2/c1-6-18(4,5)20-15(23)11-24-17-22-21-16(25-17)19-14-9-7-13(8-10-14)12(2)3/h7-10,12H,6,11H2,1-5H3,(H,19,21)(H,20,23). The summed E-state index contributed by atoms with van der Waals surface area (Å²) in [5.74, 6) is 0.884. The Morgan fingerprint density at radius 3 is 2.52 bits per heavy atom. The van der Waals surface area contributed by atoms with Crippen molar-refractivity contribution < 1.29 is 4.79 Å². The number of nitrogens with zero attached hydrogens (tertiary/aromatic N) is 2. The molecular weight excluding hydrogens is 352 g/mol. The third kappa shape index (κ3) is 6.32. The second-order valence-electron chi connectivity index (χ2n) is 6.85. The number of hydrogen-bond donors (Lipinski definition) is 2. The highest BCUT2D eigenvalue weighted by molar-refractivity contribution is 8.01. The summed E-state index contributed by atoms with van der Waals surface area (Å²) in [6, 6.07) is 8.32. The molecule has 136 valence electrons. The Bertz CT molecular complexity index is 695. The van der Waals surface area contributed by atoms with Crippen LogP contribution in [-0.2, 0) is 4.79 Å². The summed E-state index contributed by atoms with van der Waals surface area (Å²) in [5, 5.41) is 15.3. The van der Waals surface area contributed by atoms with Crippen molar-refractivity contribution in [2.45, 2.75) is 56.8 Å². The number of aromatic nitrogens is 2. The summed E-state index contributed by atoms with van der Waals surface area (Å²) >= 11 is 2.86. The fraction of sp³-hybridized carbons (Fsp3) is 0.500. The zero-order valence-corrected chi connectivity index (χ0v) is 17.1. The summed E-state index contributed by atoms with van der Waals surface area (Å²) in [5.41, 5.74) is 2.12. The van der Waals surface area contributed by atoms with Crippen molar-refractivity contribution >= 4 is 39.8 Å². The van der Waals surface area contributed by atoms with Crippen LogP contribution in [0, 0.1) is 0 Å². The lowest BCUT2D eigenvalue weighted by atomic mass is 10.0. The van der Waals surface area contributed by atoms with E-state index in [4.69, 9.17) is 0 Å². The minimum atomic E-state index is -0.173. The van der Waals surface area contributed by atoms with Crippen LogP contribution >= 0.6 is 23.1 Å². The number of anilines is 2. The van der Waals surface area contributed by atoms with E-state index in [0.717, 1.165) is 21.6 Å². The van der Waals surface area contributed by atoms with Gasteiger partial charge in [0, 0.05) is 11.2 Å². The smallest absolute Gasteiger partial charge is 0.230 e. The highest BCUT2D eigenvalue weighted by Gasteiger charge is 2.18. The number of nitrogens with one attached hydrogen (secondary N) is 2. The van der Waals surface area contributed by atoms with Crippen LogP contribution in [-0.4, -0.2) is 27.4 Å². The van der Waals surface area contributed by atoms with Gasteiger partial charge in [0.1, 0.15) is 0 Å². The minimum absolute atomic E-state index is 0.0193.